The van der Waals surface area contributed by atoms with Crippen LogP contribution in [-0.2, 0) is 19.1 Å². The molecule has 0 aliphatic heterocycles. The molecule has 0 saturated heterocycles. The number of fused-ring (bicyclic) bond motifs is 5. The number of carbonyl (C=O) groups is 2. The number of thiocarbonyl (C=S) groups is 1. The van der Waals surface area contributed by atoms with Crippen molar-refractivity contribution < 1.29 is 27.8 Å². The van der Waals surface area contributed by atoms with E-state index in [0.29, 0.717) is 6.42 Å². The fraction of sp³-hybridized carbons (Fsp3) is 0.720. The van der Waals surface area contributed by atoms with E-state index in [0.717, 1.165) is 6.08 Å². The van der Waals surface area contributed by atoms with Crippen LogP contribution in [0.4, 0.5) is 8.78 Å². The van der Waals surface area contributed by atoms with Crippen molar-refractivity contribution in [2.45, 2.75) is 75.4 Å². The first-order valence-corrected chi connectivity index (χ1v) is 12.9. The van der Waals surface area contributed by atoms with Crippen molar-refractivity contribution in [2.24, 2.45) is 28.6 Å². The van der Waals surface area contributed by atoms with Crippen LogP contribution in [0, 0.1) is 28.6 Å². The molecule has 3 fully saturated rings. The van der Waals surface area contributed by atoms with Gasteiger partial charge in [-0.1, -0.05) is 33.8 Å². The van der Waals surface area contributed by atoms with Gasteiger partial charge in [-0.05, 0) is 49.4 Å². The van der Waals surface area contributed by atoms with E-state index < -0.39 is 56.4 Å². The van der Waals surface area contributed by atoms with Crippen LogP contribution in [0.2, 0.25) is 0 Å². The van der Waals surface area contributed by atoms with Crippen LogP contribution in [-0.4, -0.2) is 45.9 Å². The average molecular weight is 535 g/mol. The quantitative estimate of drug-likeness (QED) is 0.251. The summed E-state index contributed by atoms with van der Waals surface area (Å²) < 4.78 is 42.3. The zero-order chi connectivity index (χ0) is 25.4. The zero-order valence-corrected chi connectivity index (χ0v) is 22.3. The number of ketones is 1. The van der Waals surface area contributed by atoms with E-state index in [9.17, 15) is 14.0 Å². The lowest BCUT2D eigenvalue weighted by molar-refractivity contribution is -0.174. The van der Waals surface area contributed by atoms with Crippen molar-refractivity contribution in [3.05, 3.63) is 23.6 Å². The molecule has 3 saturated carbocycles. The molecular formula is C25H30Cl2F2O4S. The van der Waals surface area contributed by atoms with Crippen LogP contribution in [0.3, 0.4) is 0 Å². The van der Waals surface area contributed by atoms with Gasteiger partial charge < -0.3 is 9.47 Å². The molecule has 0 spiro atoms. The minimum atomic E-state index is -1.69. The van der Waals surface area contributed by atoms with E-state index in [1.54, 1.807) is 13.8 Å². The predicted octanol–water partition coefficient (Wildman–Crippen LogP) is 6.03. The second kappa shape index (κ2) is 8.24. The van der Waals surface area contributed by atoms with E-state index in [4.69, 9.17) is 44.9 Å². The average Bonchev–Trinajstić information content (AvgIpc) is 3.00. The molecule has 0 unspecified atom stereocenters. The Hall–Kier alpha value is -1.05. The van der Waals surface area contributed by atoms with Crippen LogP contribution in [0.5, 0.6) is 0 Å². The Labute approximate surface area is 214 Å². The van der Waals surface area contributed by atoms with E-state index >= 15 is 4.39 Å². The maximum Gasteiger partial charge on any atom is 0.306 e. The largest absolute Gasteiger partial charge is 0.487 e. The van der Waals surface area contributed by atoms with Gasteiger partial charge in [0.15, 0.2) is 11.4 Å². The second-order valence-electron chi connectivity index (χ2n) is 10.6. The van der Waals surface area contributed by atoms with Crippen molar-refractivity contribution in [3.8, 4) is 0 Å². The molecule has 9 atom stereocenters. The Kier molecular flexibility index (Phi) is 6.31. The molecule has 0 amide bonds. The third-order valence-corrected chi connectivity index (χ3v) is 11.3. The third kappa shape index (κ3) is 2.95. The lowest BCUT2D eigenvalue weighted by Crippen LogP contribution is -2.69. The van der Waals surface area contributed by atoms with Gasteiger partial charge in [0.05, 0.1) is 17.4 Å². The number of alkyl halides is 3. The summed E-state index contributed by atoms with van der Waals surface area (Å²) in [5, 5.41) is -0.602. The van der Waals surface area contributed by atoms with Crippen molar-refractivity contribution in [1.29, 1.82) is 0 Å². The number of allylic oxidation sites excluding steroid dienone is 4. The molecule has 4 nitrogen and oxygen atoms in total. The Balaban J connectivity index is 1.90. The van der Waals surface area contributed by atoms with E-state index in [1.807, 2.05) is 13.8 Å². The molecule has 0 radical (unpaired) electrons. The minimum absolute atomic E-state index is 0.0866. The summed E-state index contributed by atoms with van der Waals surface area (Å²) in [6.45, 7) is 7.27. The lowest BCUT2D eigenvalue weighted by atomic mass is 9.46. The predicted molar refractivity (Wildman–Crippen MR) is 130 cm³/mol. The maximum atomic E-state index is 15.7. The zero-order valence-electron chi connectivity index (χ0n) is 19.9. The number of carbonyl (C=O) groups excluding carboxylic acids is 2. The Morgan fingerprint density at radius 2 is 1.94 bits per heavy atom. The van der Waals surface area contributed by atoms with Gasteiger partial charge in [0.1, 0.15) is 6.17 Å². The summed E-state index contributed by atoms with van der Waals surface area (Å²) >= 11 is 20.1. The summed E-state index contributed by atoms with van der Waals surface area (Å²) in [7, 11) is 1.45. The van der Waals surface area contributed by atoms with E-state index in [-0.39, 0.29) is 41.7 Å². The van der Waals surface area contributed by atoms with Gasteiger partial charge >= 0.3 is 5.97 Å². The number of hydrogen-bond donors (Lipinski definition) is 0. The maximum absolute atomic E-state index is 15.7. The monoisotopic (exact) mass is 534 g/mol. The molecule has 0 heterocycles. The molecule has 188 valence electrons. The van der Waals surface area contributed by atoms with E-state index in [2.05, 4.69) is 0 Å². The normalized spacial score (nSPS) is 47.6. The number of rotatable bonds is 3. The molecule has 4 rings (SSSR count). The van der Waals surface area contributed by atoms with Gasteiger partial charge in [-0.3, -0.25) is 9.59 Å². The third-order valence-electron chi connectivity index (χ3n) is 9.26. The molecule has 0 aromatic carbocycles. The first kappa shape index (κ1) is 26.0. The van der Waals surface area contributed by atoms with Crippen molar-refractivity contribution in [2.75, 3.05) is 7.11 Å². The number of esters is 1. The summed E-state index contributed by atoms with van der Waals surface area (Å²) in [6.07, 6.45) is 1.85. The van der Waals surface area contributed by atoms with Crippen LogP contribution < -0.4 is 0 Å². The van der Waals surface area contributed by atoms with Gasteiger partial charge in [-0.15, -0.1) is 23.2 Å². The highest BCUT2D eigenvalue weighted by Crippen LogP contribution is 2.73. The smallest absolute Gasteiger partial charge is 0.306 e. The fourth-order valence-corrected chi connectivity index (χ4v) is 9.32. The van der Waals surface area contributed by atoms with Gasteiger partial charge in [-0.2, -0.15) is 0 Å². The molecule has 0 N–H and O–H groups in total. The Morgan fingerprint density at radius 3 is 2.53 bits per heavy atom. The molecular weight excluding hydrogens is 505 g/mol. The summed E-state index contributed by atoms with van der Waals surface area (Å²) in [5.41, 5.74) is -3.54. The van der Waals surface area contributed by atoms with Gasteiger partial charge in [0, 0.05) is 28.7 Å². The Bertz CT molecular complexity index is 1020. The number of hydrogen-bond acceptors (Lipinski definition) is 5. The first-order chi connectivity index (χ1) is 15.8. The summed E-state index contributed by atoms with van der Waals surface area (Å²) in [6, 6.07) is 0. The summed E-state index contributed by atoms with van der Waals surface area (Å²) in [5.74, 6) is -3.32. The SMILES string of the molecule is CCC(=O)O[C@]1(C(=S)OC)[C@@H](C)C[C@H]2[C@@H]3C[C@H](F)C4=C(F)C(=O)C=C[C@]4(C)[C@@]3(Cl)[C@@H](Cl)C[C@@]21C. The van der Waals surface area contributed by atoms with Crippen molar-refractivity contribution in [3.63, 3.8) is 0 Å². The molecule has 0 aromatic heterocycles. The number of ether oxygens (including phenoxy) is 2. The van der Waals surface area contributed by atoms with Crippen LogP contribution >= 0.6 is 35.4 Å². The van der Waals surface area contributed by atoms with Gasteiger partial charge in [-0.25, -0.2) is 8.78 Å². The topological polar surface area (TPSA) is 52.6 Å². The highest BCUT2D eigenvalue weighted by atomic mass is 35.5. The van der Waals surface area contributed by atoms with Crippen LogP contribution in [0.25, 0.3) is 0 Å². The number of halogens is 4. The summed E-state index contributed by atoms with van der Waals surface area (Å²) in [4.78, 5) is 23.4. The first-order valence-electron chi connectivity index (χ1n) is 11.7. The minimum Gasteiger partial charge on any atom is -0.487 e. The van der Waals surface area contributed by atoms with Crippen LogP contribution in [0.15, 0.2) is 23.6 Å². The van der Waals surface area contributed by atoms with Crippen molar-refractivity contribution >= 4 is 52.2 Å². The Morgan fingerprint density at radius 1 is 1.29 bits per heavy atom. The molecule has 4 aliphatic rings. The van der Waals surface area contributed by atoms with Crippen LogP contribution in [0.1, 0.15) is 53.4 Å². The second-order valence-corrected chi connectivity index (χ2v) is 12.1. The standard InChI is InChI=1S/C25H30Cl2F2O4S/c1-6-18(31)33-25(21(34)32-5)12(2)9-13-14-10-15(28)19-20(29)16(30)7-8-22(19,3)24(14,27)17(26)11-23(13,25)4/h7-8,12-15,17H,6,9-11H2,1-5H3/t12-,13-,14-,15-,17-,22-,23-,24-,25-/m0/s1. The molecule has 0 aromatic rings. The molecule has 4 aliphatic carbocycles. The highest BCUT2D eigenvalue weighted by molar-refractivity contribution is 7.80. The van der Waals surface area contributed by atoms with Gasteiger partial charge in [0.25, 0.3) is 0 Å². The van der Waals surface area contributed by atoms with Crippen molar-refractivity contribution in [1.82, 2.24) is 0 Å². The van der Waals surface area contributed by atoms with Gasteiger partial charge in [0.2, 0.25) is 10.8 Å². The molecule has 0 bridgehead atoms. The molecule has 34 heavy (non-hydrogen) atoms. The van der Waals surface area contributed by atoms with E-state index in [1.165, 1.54) is 13.2 Å². The highest BCUT2D eigenvalue weighted by Gasteiger charge is 2.77. The molecule has 9 heteroatoms. The lowest BCUT2D eigenvalue weighted by Gasteiger charge is -2.64. The fourth-order valence-electron chi connectivity index (χ4n) is 7.65. The number of methoxy groups -OCH3 is 1.